The van der Waals surface area contributed by atoms with E-state index >= 15 is 0 Å². The van der Waals surface area contributed by atoms with E-state index in [0.29, 0.717) is 16.3 Å². The summed E-state index contributed by atoms with van der Waals surface area (Å²) in [4.78, 5) is 11.3. The number of nitrogens with zero attached hydrogens (tertiary/aromatic N) is 2. The van der Waals surface area contributed by atoms with Gasteiger partial charge in [-0.05, 0) is 31.0 Å². The molecule has 21 heavy (non-hydrogen) atoms. The maximum Gasteiger partial charge on any atom is 0.175 e. The second-order valence-electron chi connectivity index (χ2n) is 5.17. The van der Waals surface area contributed by atoms with Crippen LogP contribution >= 0.6 is 11.6 Å². The molecule has 1 aliphatic rings. The largest absolute Gasteiger partial charge is 0.298 e. The number of aldehydes is 1. The molecule has 1 fully saturated rings. The SMILES string of the molecule is CS(=O)(=O)c1ccc(Cl)c(-n2ncc(C=O)c2C2CC2)c1. The first-order chi connectivity index (χ1) is 9.91. The van der Waals surface area contributed by atoms with Crippen LogP contribution < -0.4 is 0 Å². The summed E-state index contributed by atoms with van der Waals surface area (Å²) >= 11 is 6.19. The molecule has 0 radical (unpaired) electrons. The molecule has 0 aliphatic heterocycles. The van der Waals surface area contributed by atoms with Gasteiger partial charge in [-0.25, -0.2) is 13.1 Å². The summed E-state index contributed by atoms with van der Waals surface area (Å²) < 4.78 is 25.0. The van der Waals surface area contributed by atoms with Crippen LogP contribution in [0.1, 0.15) is 34.8 Å². The van der Waals surface area contributed by atoms with Crippen LogP contribution in [0.15, 0.2) is 29.3 Å². The summed E-state index contributed by atoms with van der Waals surface area (Å²) in [6.45, 7) is 0. The normalized spacial score (nSPS) is 15.1. The van der Waals surface area contributed by atoms with E-state index < -0.39 is 9.84 Å². The van der Waals surface area contributed by atoms with Crippen molar-refractivity contribution in [1.82, 2.24) is 9.78 Å². The van der Waals surface area contributed by atoms with Gasteiger partial charge in [-0.15, -0.1) is 0 Å². The third kappa shape index (κ3) is 2.61. The van der Waals surface area contributed by atoms with E-state index in [1.54, 1.807) is 4.68 Å². The highest BCUT2D eigenvalue weighted by atomic mass is 35.5. The first-order valence-corrected chi connectivity index (χ1v) is 8.72. The zero-order valence-electron chi connectivity index (χ0n) is 11.3. The minimum absolute atomic E-state index is 0.173. The fourth-order valence-electron chi connectivity index (χ4n) is 2.30. The Balaban J connectivity index is 2.21. The number of carbonyl (C=O) groups excluding carboxylic acids is 1. The standard InChI is InChI=1S/C14H13ClN2O3S/c1-21(19,20)11-4-5-12(15)13(6-11)17-14(9-2-3-9)10(8-18)7-16-17/h4-9H,2-3H2,1H3. The molecular weight excluding hydrogens is 312 g/mol. The number of aromatic nitrogens is 2. The molecule has 1 heterocycles. The van der Waals surface area contributed by atoms with E-state index in [-0.39, 0.29) is 10.8 Å². The monoisotopic (exact) mass is 324 g/mol. The van der Waals surface area contributed by atoms with Crippen LogP contribution in [0, 0.1) is 0 Å². The van der Waals surface area contributed by atoms with Gasteiger partial charge in [0, 0.05) is 12.2 Å². The molecular formula is C14H13ClN2O3S. The van der Waals surface area contributed by atoms with E-state index in [9.17, 15) is 13.2 Å². The van der Waals surface area contributed by atoms with E-state index in [2.05, 4.69) is 5.10 Å². The van der Waals surface area contributed by atoms with Crippen LogP contribution in [0.5, 0.6) is 0 Å². The Morgan fingerprint density at radius 3 is 2.67 bits per heavy atom. The van der Waals surface area contributed by atoms with Gasteiger partial charge in [-0.2, -0.15) is 5.10 Å². The van der Waals surface area contributed by atoms with Gasteiger partial charge in [0.2, 0.25) is 0 Å². The second-order valence-corrected chi connectivity index (χ2v) is 7.60. The fraction of sp³-hybridized carbons (Fsp3) is 0.286. The van der Waals surface area contributed by atoms with Gasteiger partial charge in [-0.3, -0.25) is 4.79 Å². The fourth-order valence-corrected chi connectivity index (χ4v) is 3.14. The Morgan fingerprint density at radius 2 is 2.10 bits per heavy atom. The maximum absolute atomic E-state index is 11.7. The highest BCUT2D eigenvalue weighted by molar-refractivity contribution is 7.90. The number of sulfone groups is 1. The van der Waals surface area contributed by atoms with Gasteiger partial charge >= 0.3 is 0 Å². The Morgan fingerprint density at radius 1 is 1.38 bits per heavy atom. The minimum atomic E-state index is -3.34. The lowest BCUT2D eigenvalue weighted by molar-refractivity contribution is 0.112. The Labute approximate surface area is 127 Å². The van der Waals surface area contributed by atoms with Crippen molar-refractivity contribution >= 4 is 27.7 Å². The molecule has 0 atom stereocenters. The molecule has 0 unspecified atom stereocenters. The molecule has 0 amide bonds. The van der Waals surface area contributed by atoms with E-state index in [1.165, 1.54) is 24.4 Å². The second kappa shape index (κ2) is 4.96. The van der Waals surface area contributed by atoms with Crippen molar-refractivity contribution in [3.8, 4) is 5.69 Å². The summed E-state index contributed by atoms with van der Waals surface area (Å²) in [6.07, 6.45) is 5.39. The molecule has 0 N–H and O–H groups in total. The van der Waals surface area contributed by atoms with Gasteiger partial charge in [0.1, 0.15) is 0 Å². The van der Waals surface area contributed by atoms with Crippen molar-refractivity contribution in [2.75, 3.05) is 6.26 Å². The molecule has 0 spiro atoms. The van der Waals surface area contributed by atoms with Gasteiger partial charge in [-0.1, -0.05) is 11.6 Å². The van der Waals surface area contributed by atoms with E-state index in [4.69, 9.17) is 11.6 Å². The van der Waals surface area contributed by atoms with Crippen LogP contribution in [-0.2, 0) is 9.84 Å². The quantitative estimate of drug-likeness (QED) is 0.811. The summed E-state index contributed by atoms with van der Waals surface area (Å²) in [5, 5.41) is 4.60. The number of rotatable bonds is 4. The van der Waals surface area contributed by atoms with Crippen LogP contribution in [0.2, 0.25) is 5.02 Å². The Kier molecular flexibility index (Phi) is 3.37. The first-order valence-electron chi connectivity index (χ1n) is 6.45. The molecule has 0 saturated heterocycles. The van der Waals surface area contributed by atoms with Crippen LogP contribution in [0.4, 0.5) is 0 Å². The predicted octanol–water partition coefficient (Wildman–Crippen LogP) is 2.62. The molecule has 3 rings (SSSR count). The van der Waals surface area contributed by atoms with E-state index in [1.807, 2.05) is 0 Å². The van der Waals surface area contributed by atoms with Gasteiger partial charge in [0.25, 0.3) is 0 Å². The van der Waals surface area contributed by atoms with Crippen LogP contribution in [0.25, 0.3) is 5.69 Å². The van der Waals surface area contributed by atoms with Gasteiger partial charge in [0.15, 0.2) is 16.1 Å². The molecule has 110 valence electrons. The molecule has 1 aliphatic carbocycles. The number of hydrogen-bond acceptors (Lipinski definition) is 4. The Bertz CT molecular complexity index is 823. The molecule has 5 nitrogen and oxygen atoms in total. The number of carbonyl (C=O) groups is 1. The average Bonchev–Trinajstić information content (AvgIpc) is 3.17. The van der Waals surface area contributed by atoms with E-state index in [0.717, 1.165) is 31.1 Å². The smallest absolute Gasteiger partial charge is 0.175 e. The predicted molar refractivity (Wildman–Crippen MR) is 79.0 cm³/mol. The number of benzene rings is 1. The topological polar surface area (TPSA) is 69.0 Å². The number of hydrogen-bond donors (Lipinski definition) is 0. The van der Waals surface area contributed by atoms with Crippen LogP contribution in [-0.4, -0.2) is 30.7 Å². The molecule has 0 bridgehead atoms. The lowest BCUT2D eigenvalue weighted by Gasteiger charge is -2.11. The third-order valence-corrected chi connectivity index (χ3v) is 4.93. The molecule has 1 saturated carbocycles. The average molecular weight is 325 g/mol. The van der Waals surface area contributed by atoms with Crippen molar-refractivity contribution in [3.05, 3.63) is 40.7 Å². The highest BCUT2D eigenvalue weighted by Crippen LogP contribution is 2.42. The van der Waals surface area contributed by atoms with Crippen molar-refractivity contribution < 1.29 is 13.2 Å². The van der Waals surface area contributed by atoms with Crippen molar-refractivity contribution in [1.29, 1.82) is 0 Å². The minimum Gasteiger partial charge on any atom is -0.298 e. The van der Waals surface area contributed by atoms with Gasteiger partial charge in [0.05, 0.1) is 33.1 Å². The lowest BCUT2D eigenvalue weighted by Crippen LogP contribution is -2.05. The lowest BCUT2D eigenvalue weighted by atomic mass is 10.2. The summed E-state index contributed by atoms with van der Waals surface area (Å²) in [5.74, 6) is 0.283. The molecule has 1 aromatic heterocycles. The first kappa shape index (κ1) is 14.3. The van der Waals surface area contributed by atoms with Crippen LogP contribution in [0.3, 0.4) is 0 Å². The summed E-state index contributed by atoms with van der Waals surface area (Å²) in [5.41, 5.74) is 1.81. The molecule has 1 aromatic carbocycles. The van der Waals surface area contributed by atoms with Gasteiger partial charge < -0.3 is 0 Å². The zero-order valence-corrected chi connectivity index (χ0v) is 12.9. The van der Waals surface area contributed by atoms with Crippen molar-refractivity contribution in [2.24, 2.45) is 0 Å². The highest BCUT2D eigenvalue weighted by Gasteiger charge is 2.31. The van der Waals surface area contributed by atoms with Crippen molar-refractivity contribution in [3.63, 3.8) is 0 Å². The molecule has 7 heteroatoms. The summed E-state index contributed by atoms with van der Waals surface area (Å²) in [7, 11) is -3.34. The summed E-state index contributed by atoms with van der Waals surface area (Å²) in [6, 6.07) is 4.49. The molecule has 2 aromatic rings. The maximum atomic E-state index is 11.7. The third-order valence-electron chi connectivity index (χ3n) is 3.50. The van der Waals surface area contributed by atoms with Crippen molar-refractivity contribution in [2.45, 2.75) is 23.7 Å². The number of halogens is 1. The zero-order chi connectivity index (χ0) is 15.2. The Hall–Kier alpha value is -1.66.